The molecule has 1 saturated heterocycles. The summed E-state index contributed by atoms with van der Waals surface area (Å²) in [5, 5.41) is 0. The molecule has 0 aromatic heterocycles. The Morgan fingerprint density at radius 3 is 2.29 bits per heavy atom. The van der Waals surface area contributed by atoms with Gasteiger partial charge in [-0.25, -0.2) is 0 Å². The minimum atomic E-state index is -0.280. The quantitative estimate of drug-likeness (QED) is 0.876. The average molecular weight is 312 g/mol. The SMILES string of the molecule is Cl.NC(=O)C1CCN(C(=O)CC(N)c2ccccc2)CC1. The topological polar surface area (TPSA) is 89.4 Å². The van der Waals surface area contributed by atoms with Gasteiger partial charge in [-0.1, -0.05) is 30.3 Å². The van der Waals surface area contributed by atoms with Gasteiger partial charge in [0.2, 0.25) is 11.8 Å². The number of amides is 2. The molecule has 1 aliphatic heterocycles. The van der Waals surface area contributed by atoms with Gasteiger partial charge in [-0.05, 0) is 18.4 Å². The zero-order valence-corrected chi connectivity index (χ0v) is 12.7. The molecular formula is C15H22ClN3O2. The second-order valence-electron chi connectivity index (χ2n) is 5.28. The second-order valence-corrected chi connectivity index (χ2v) is 5.28. The third-order valence-electron chi connectivity index (χ3n) is 3.87. The lowest BCUT2D eigenvalue weighted by molar-refractivity contribution is -0.135. The summed E-state index contributed by atoms with van der Waals surface area (Å²) in [4.78, 5) is 25.1. The Labute approximate surface area is 131 Å². The molecule has 0 bridgehead atoms. The lowest BCUT2D eigenvalue weighted by atomic mass is 9.95. The van der Waals surface area contributed by atoms with Gasteiger partial charge in [0.1, 0.15) is 0 Å². The number of hydrogen-bond acceptors (Lipinski definition) is 3. The Morgan fingerprint density at radius 1 is 1.19 bits per heavy atom. The van der Waals surface area contributed by atoms with Crippen LogP contribution in [0.1, 0.15) is 30.9 Å². The van der Waals surface area contributed by atoms with Crippen LogP contribution in [0, 0.1) is 5.92 Å². The van der Waals surface area contributed by atoms with Crippen LogP contribution in [0.4, 0.5) is 0 Å². The van der Waals surface area contributed by atoms with Gasteiger partial charge >= 0.3 is 0 Å². The minimum absolute atomic E-state index is 0. The second kappa shape index (κ2) is 8.00. The van der Waals surface area contributed by atoms with Crippen molar-refractivity contribution in [2.24, 2.45) is 17.4 Å². The molecule has 6 heteroatoms. The number of nitrogens with two attached hydrogens (primary N) is 2. The maximum absolute atomic E-state index is 12.2. The third kappa shape index (κ3) is 4.72. The molecule has 0 aliphatic carbocycles. The zero-order valence-electron chi connectivity index (χ0n) is 11.9. The van der Waals surface area contributed by atoms with E-state index in [0.717, 1.165) is 5.56 Å². The molecule has 1 aromatic carbocycles. The molecule has 0 spiro atoms. The van der Waals surface area contributed by atoms with Crippen LogP contribution < -0.4 is 11.5 Å². The van der Waals surface area contributed by atoms with Crippen molar-refractivity contribution in [3.63, 3.8) is 0 Å². The fourth-order valence-corrected chi connectivity index (χ4v) is 2.55. The van der Waals surface area contributed by atoms with Crippen LogP contribution >= 0.6 is 12.4 Å². The summed E-state index contributed by atoms with van der Waals surface area (Å²) in [6, 6.07) is 9.33. The monoisotopic (exact) mass is 311 g/mol. The normalized spacial score (nSPS) is 16.9. The van der Waals surface area contributed by atoms with E-state index in [1.807, 2.05) is 30.3 Å². The maximum Gasteiger partial charge on any atom is 0.224 e. The molecule has 0 radical (unpaired) electrons. The van der Waals surface area contributed by atoms with Crippen molar-refractivity contribution in [2.75, 3.05) is 13.1 Å². The van der Waals surface area contributed by atoms with Gasteiger partial charge in [-0.15, -0.1) is 12.4 Å². The fraction of sp³-hybridized carbons (Fsp3) is 0.467. The lowest BCUT2D eigenvalue weighted by Crippen LogP contribution is -2.42. The van der Waals surface area contributed by atoms with Gasteiger partial charge in [0.05, 0.1) is 0 Å². The summed E-state index contributed by atoms with van der Waals surface area (Å²) in [7, 11) is 0. The fourth-order valence-electron chi connectivity index (χ4n) is 2.55. The number of rotatable bonds is 4. The Bertz CT molecular complexity index is 473. The van der Waals surface area contributed by atoms with Crippen LogP contribution in [0.15, 0.2) is 30.3 Å². The van der Waals surface area contributed by atoms with Crippen molar-refractivity contribution in [3.05, 3.63) is 35.9 Å². The first-order chi connectivity index (χ1) is 9.58. The van der Waals surface area contributed by atoms with Gasteiger partial charge in [0.15, 0.2) is 0 Å². The van der Waals surface area contributed by atoms with Gasteiger partial charge in [0, 0.05) is 31.5 Å². The van der Waals surface area contributed by atoms with Crippen molar-refractivity contribution >= 4 is 24.2 Å². The third-order valence-corrected chi connectivity index (χ3v) is 3.87. The first kappa shape index (κ1) is 17.5. The summed E-state index contributed by atoms with van der Waals surface area (Å²) < 4.78 is 0. The number of piperidine rings is 1. The van der Waals surface area contributed by atoms with Gasteiger partial charge < -0.3 is 16.4 Å². The van der Waals surface area contributed by atoms with Crippen LogP contribution in [0.3, 0.4) is 0 Å². The standard InChI is InChI=1S/C15H21N3O2.ClH/c16-13(11-4-2-1-3-5-11)10-14(19)18-8-6-12(7-9-18)15(17)20;/h1-5,12-13H,6-10,16H2,(H2,17,20);1H. The molecular weight excluding hydrogens is 290 g/mol. The molecule has 1 aromatic rings. The van der Waals surface area contributed by atoms with E-state index in [0.29, 0.717) is 32.4 Å². The first-order valence-electron chi connectivity index (χ1n) is 6.95. The molecule has 1 atom stereocenters. The van der Waals surface area contributed by atoms with Crippen molar-refractivity contribution in [3.8, 4) is 0 Å². The molecule has 1 fully saturated rings. The van der Waals surface area contributed by atoms with Gasteiger partial charge in [-0.2, -0.15) is 0 Å². The largest absolute Gasteiger partial charge is 0.369 e. The van der Waals surface area contributed by atoms with Gasteiger partial charge in [0.25, 0.3) is 0 Å². The van der Waals surface area contributed by atoms with Crippen LogP contribution in [0.2, 0.25) is 0 Å². The molecule has 5 nitrogen and oxygen atoms in total. The highest BCUT2D eigenvalue weighted by Crippen LogP contribution is 2.20. The zero-order chi connectivity index (χ0) is 14.5. The molecule has 2 rings (SSSR count). The van der Waals surface area contributed by atoms with E-state index in [2.05, 4.69) is 0 Å². The number of primary amides is 1. The smallest absolute Gasteiger partial charge is 0.224 e. The van der Waals surface area contributed by atoms with E-state index in [1.54, 1.807) is 4.90 Å². The van der Waals surface area contributed by atoms with E-state index in [-0.39, 0.29) is 36.2 Å². The lowest BCUT2D eigenvalue weighted by Gasteiger charge is -2.31. The minimum Gasteiger partial charge on any atom is -0.369 e. The van der Waals surface area contributed by atoms with Crippen molar-refractivity contribution in [1.82, 2.24) is 4.90 Å². The Morgan fingerprint density at radius 2 is 1.76 bits per heavy atom. The van der Waals surface area contributed by atoms with Crippen LogP contribution in [0.5, 0.6) is 0 Å². The molecule has 2 amide bonds. The number of benzene rings is 1. The number of carbonyl (C=O) groups excluding carboxylic acids is 2. The number of hydrogen-bond donors (Lipinski definition) is 2. The van der Waals surface area contributed by atoms with E-state index >= 15 is 0 Å². The summed E-state index contributed by atoms with van der Waals surface area (Å²) in [5.74, 6) is -0.316. The van der Waals surface area contributed by atoms with Crippen molar-refractivity contribution < 1.29 is 9.59 Å². The summed E-state index contributed by atoms with van der Waals surface area (Å²) in [5.41, 5.74) is 12.3. The average Bonchev–Trinajstić information content (AvgIpc) is 2.48. The highest BCUT2D eigenvalue weighted by atomic mass is 35.5. The summed E-state index contributed by atoms with van der Waals surface area (Å²) in [6.45, 7) is 1.18. The molecule has 1 aliphatic rings. The van der Waals surface area contributed by atoms with Crippen molar-refractivity contribution in [1.29, 1.82) is 0 Å². The summed E-state index contributed by atoms with van der Waals surface area (Å²) >= 11 is 0. The Balaban J connectivity index is 0.00000220. The highest BCUT2D eigenvalue weighted by Gasteiger charge is 2.26. The van der Waals surface area contributed by atoms with Crippen LogP contribution in [-0.2, 0) is 9.59 Å². The first-order valence-corrected chi connectivity index (χ1v) is 6.95. The Hall–Kier alpha value is -1.59. The number of carbonyl (C=O) groups is 2. The van der Waals surface area contributed by atoms with E-state index < -0.39 is 0 Å². The molecule has 1 unspecified atom stereocenters. The molecule has 1 heterocycles. The highest BCUT2D eigenvalue weighted by molar-refractivity contribution is 5.85. The Kier molecular flexibility index (Phi) is 6.65. The number of nitrogens with zero attached hydrogens (tertiary/aromatic N) is 1. The van der Waals surface area contributed by atoms with E-state index in [4.69, 9.17) is 11.5 Å². The van der Waals surface area contributed by atoms with Crippen molar-refractivity contribution in [2.45, 2.75) is 25.3 Å². The van der Waals surface area contributed by atoms with E-state index in [9.17, 15) is 9.59 Å². The molecule has 21 heavy (non-hydrogen) atoms. The molecule has 4 N–H and O–H groups in total. The number of halogens is 1. The number of likely N-dealkylation sites (tertiary alicyclic amines) is 1. The predicted molar refractivity (Wildman–Crippen MR) is 83.7 cm³/mol. The predicted octanol–water partition coefficient (Wildman–Crippen LogP) is 1.22. The maximum atomic E-state index is 12.2. The van der Waals surface area contributed by atoms with Crippen LogP contribution in [0.25, 0.3) is 0 Å². The van der Waals surface area contributed by atoms with Gasteiger partial charge in [-0.3, -0.25) is 9.59 Å². The molecule has 116 valence electrons. The van der Waals surface area contributed by atoms with E-state index in [1.165, 1.54) is 0 Å². The van der Waals surface area contributed by atoms with Crippen LogP contribution in [-0.4, -0.2) is 29.8 Å². The molecule has 0 saturated carbocycles. The summed E-state index contributed by atoms with van der Waals surface area (Å²) in [6.07, 6.45) is 1.61.